The van der Waals surface area contributed by atoms with E-state index in [0.717, 1.165) is 0 Å². The number of hydrogen-bond acceptors (Lipinski definition) is 2. The highest BCUT2D eigenvalue weighted by Crippen LogP contribution is 2.49. The molecule has 0 bridgehead atoms. The minimum Gasteiger partial charge on any atom is -0.400 e. The Bertz CT molecular complexity index is 579. The van der Waals surface area contributed by atoms with E-state index in [9.17, 15) is 13.2 Å². The Hall–Kier alpha value is -2.22. The lowest BCUT2D eigenvalue weighted by molar-refractivity contribution is -0.189. The molecule has 2 nitrogen and oxygen atoms in total. The third-order valence-electron chi connectivity index (χ3n) is 3.23. The van der Waals surface area contributed by atoms with Crippen LogP contribution in [0.3, 0.4) is 0 Å². The molecule has 1 unspecified atom stereocenters. The Morgan fingerprint density at radius 1 is 1.16 bits per heavy atom. The summed E-state index contributed by atoms with van der Waals surface area (Å²) < 4.78 is 39.5. The second kappa shape index (κ2) is 4.47. The van der Waals surface area contributed by atoms with E-state index in [2.05, 4.69) is 0 Å². The Morgan fingerprint density at radius 3 is 2.32 bits per heavy atom. The largest absolute Gasteiger partial charge is 0.412 e. The van der Waals surface area contributed by atoms with Gasteiger partial charge in [-0.2, -0.15) is 18.4 Å². The van der Waals surface area contributed by atoms with Crippen LogP contribution in [0.5, 0.6) is 0 Å². The molecule has 0 amide bonds. The van der Waals surface area contributed by atoms with Crippen molar-refractivity contribution in [2.45, 2.75) is 12.6 Å². The first-order valence-corrected chi connectivity index (χ1v) is 5.61. The van der Waals surface area contributed by atoms with Gasteiger partial charge in [0, 0.05) is 12.1 Å². The fourth-order valence-corrected chi connectivity index (χ4v) is 2.06. The van der Waals surface area contributed by atoms with Crippen LogP contribution in [0.4, 0.5) is 13.2 Å². The van der Waals surface area contributed by atoms with E-state index in [-0.39, 0.29) is 0 Å². The van der Waals surface area contributed by atoms with Gasteiger partial charge in [-0.1, -0.05) is 36.4 Å². The number of halogens is 3. The fourth-order valence-electron chi connectivity index (χ4n) is 2.06. The van der Waals surface area contributed by atoms with Gasteiger partial charge in [0.05, 0.1) is 6.07 Å². The molecule has 19 heavy (non-hydrogen) atoms. The molecule has 1 aliphatic carbocycles. The highest BCUT2D eigenvalue weighted by molar-refractivity contribution is 5.70. The van der Waals surface area contributed by atoms with E-state index in [1.54, 1.807) is 30.3 Å². The van der Waals surface area contributed by atoms with Gasteiger partial charge in [0.2, 0.25) is 0 Å². The number of benzene rings is 1. The zero-order chi connectivity index (χ0) is 14.1. The summed E-state index contributed by atoms with van der Waals surface area (Å²) in [6.07, 6.45) is -2.45. The van der Waals surface area contributed by atoms with Crippen LogP contribution in [-0.2, 0) is 0 Å². The lowest BCUT2D eigenvalue weighted by Gasteiger charge is -2.32. The maximum atomic E-state index is 13.2. The lowest BCUT2D eigenvalue weighted by Crippen LogP contribution is -2.42. The first kappa shape index (κ1) is 13.2. The van der Waals surface area contributed by atoms with E-state index < -0.39 is 23.7 Å². The number of nitrogens with zero attached hydrogens (tertiary/aromatic N) is 1. The van der Waals surface area contributed by atoms with Crippen molar-refractivity contribution in [2.24, 2.45) is 11.1 Å². The molecule has 0 heterocycles. The van der Waals surface area contributed by atoms with Gasteiger partial charge in [-0.05, 0) is 17.2 Å². The molecule has 5 heteroatoms. The van der Waals surface area contributed by atoms with Gasteiger partial charge < -0.3 is 5.73 Å². The van der Waals surface area contributed by atoms with Crippen LogP contribution in [0, 0.1) is 16.7 Å². The highest BCUT2D eigenvalue weighted by Gasteiger charge is 2.58. The quantitative estimate of drug-likeness (QED) is 0.845. The van der Waals surface area contributed by atoms with Crippen LogP contribution in [0.1, 0.15) is 12.0 Å². The van der Waals surface area contributed by atoms with Gasteiger partial charge in [-0.15, -0.1) is 0 Å². The van der Waals surface area contributed by atoms with Gasteiger partial charge in [0.25, 0.3) is 0 Å². The molecule has 0 radical (unpaired) electrons. The monoisotopic (exact) mass is 264 g/mol. The number of nitrogens with two attached hydrogens (primary N) is 1. The van der Waals surface area contributed by atoms with Gasteiger partial charge in [0.1, 0.15) is 0 Å². The van der Waals surface area contributed by atoms with Crippen molar-refractivity contribution in [1.29, 1.82) is 5.26 Å². The fraction of sp³-hybridized carbons (Fsp3) is 0.214. The van der Waals surface area contributed by atoms with E-state index in [1.807, 2.05) is 0 Å². The molecule has 98 valence electrons. The number of nitriles is 1. The third kappa shape index (κ3) is 2.10. The van der Waals surface area contributed by atoms with Crippen LogP contribution >= 0.6 is 0 Å². The topological polar surface area (TPSA) is 49.8 Å². The smallest absolute Gasteiger partial charge is 0.400 e. The normalized spacial score (nSPS) is 23.3. The first-order chi connectivity index (χ1) is 8.90. The van der Waals surface area contributed by atoms with Gasteiger partial charge in [0.15, 0.2) is 5.41 Å². The second-order valence-electron chi connectivity index (χ2n) is 4.37. The summed E-state index contributed by atoms with van der Waals surface area (Å²) in [4.78, 5) is 0. The standard InChI is InChI=1S/C14H11F3N2/c15-14(16,17)13(9-18)8-11(6-7-12(13)19)10-4-2-1-3-5-10/h1-7H,8,19H2. The lowest BCUT2D eigenvalue weighted by atomic mass is 9.74. The van der Waals surface area contributed by atoms with Crippen molar-refractivity contribution in [3.63, 3.8) is 0 Å². The molecule has 0 aliphatic heterocycles. The average molecular weight is 264 g/mol. The van der Waals surface area contributed by atoms with Gasteiger partial charge in [-0.3, -0.25) is 0 Å². The molecule has 0 spiro atoms. The van der Waals surface area contributed by atoms with Crippen molar-refractivity contribution in [2.75, 3.05) is 0 Å². The van der Waals surface area contributed by atoms with Crippen LogP contribution in [-0.4, -0.2) is 6.18 Å². The molecule has 0 saturated heterocycles. The molecule has 1 atom stereocenters. The number of rotatable bonds is 1. The summed E-state index contributed by atoms with van der Waals surface area (Å²) >= 11 is 0. The summed E-state index contributed by atoms with van der Waals surface area (Å²) in [6, 6.07) is 10.0. The van der Waals surface area contributed by atoms with Gasteiger partial charge in [-0.25, -0.2) is 0 Å². The molecular formula is C14H11F3N2. The average Bonchev–Trinajstić information content (AvgIpc) is 2.39. The molecule has 0 fully saturated rings. The van der Waals surface area contributed by atoms with Crippen LogP contribution in [0.15, 0.2) is 48.2 Å². The molecule has 2 N–H and O–H groups in total. The Kier molecular flexibility index (Phi) is 3.11. The minimum atomic E-state index is -4.70. The summed E-state index contributed by atoms with van der Waals surface area (Å²) in [5.41, 5.74) is 3.45. The zero-order valence-corrected chi connectivity index (χ0v) is 9.91. The number of alkyl halides is 3. The van der Waals surface area contributed by atoms with Crippen LogP contribution < -0.4 is 5.73 Å². The van der Waals surface area contributed by atoms with Crippen LogP contribution in [0.2, 0.25) is 0 Å². The predicted molar refractivity (Wildman–Crippen MR) is 65.4 cm³/mol. The first-order valence-electron chi connectivity index (χ1n) is 5.61. The third-order valence-corrected chi connectivity index (χ3v) is 3.23. The molecule has 0 saturated carbocycles. The second-order valence-corrected chi connectivity index (χ2v) is 4.37. The number of allylic oxidation sites excluding steroid dienone is 4. The van der Waals surface area contributed by atoms with Crippen molar-refractivity contribution in [3.8, 4) is 6.07 Å². The maximum absolute atomic E-state index is 13.2. The van der Waals surface area contributed by atoms with Crippen molar-refractivity contribution in [1.82, 2.24) is 0 Å². The summed E-state index contributed by atoms with van der Waals surface area (Å²) in [6.45, 7) is 0. The Labute approximate surface area is 108 Å². The van der Waals surface area contributed by atoms with E-state index in [0.29, 0.717) is 11.1 Å². The van der Waals surface area contributed by atoms with Crippen LogP contribution in [0.25, 0.3) is 5.57 Å². The SMILES string of the molecule is N#CC1(C(F)(F)F)CC(c2ccccc2)=CC=C1N. The summed E-state index contributed by atoms with van der Waals surface area (Å²) in [5, 5.41) is 8.99. The van der Waals surface area contributed by atoms with E-state index in [4.69, 9.17) is 11.0 Å². The molecule has 0 aromatic heterocycles. The van der Waals surface area contributed by atoms with Crippen molar-refractivity contribution >= 4 is 5.57 Å². The van der Waals surface area contributed by atoms with Crippen molar-refractivity contribution in [3.05, 3.63) is 53.7 Å². The maximum Gasteiger partial charge on any atom is 0.412 e. The Morgan fingerprint density at radius 2 is 1.79 bits per heavy atom. The summed E-state index contributed by atoms with van der Waals surface area (Å²) in [5.74, 6) is 0. The predicted octanol–water partition coefficient (Wildman–Crippen LogP) is 3.39. The molecule has 1 aromatic rings. The van der Waals surface area contributed by atoms with E-state index >= 15 is 0 Å². The van der Waals surface area contributed by atoms with Crippen molar-refractivity contribution < 1.29 is 13.2 Å². The molecule has 1 aliphatic rings. The molecule has 1 aromatic carbocycles. The molecule has 2 rings (SSSR count). The zero-order valence-electron chi connectivity index (χ0n) is 9.91. The Balaban J connectivity index is 2.48. The van der Waals surface area contributed by atoms with Gasteiger partial charge >= 0.3 is 6.18 Å². The molecular weight excluding hydrogens is 253 g/mol. The minimum absolute atomic E-state index is 0.452. The summed E-state index contributed by atoms with van der Waals surface area (Å²) in [7, 11) is 0. The van der Waals surface area contributed by atoms with E-state index in [1.165, 1.54) is 18.2 Å². The highest BCUT2D eigenvalue weighted by atomic mass is 19.4. The number of hydrogen-bond donors (Lipinski definition) is 1.